The fraction of sp³-hybridized carbons (Fsp3) is 0.687. The highest BCUT2D eigenvalue weighted by molar-refractivity contribution is 7.47. The minimum Gasteiger partial charge on any atom is -0.463 e. The Kier molecular flexibility index (Phi) is 86.2. The zero-order chi connectivity index (χ0) is 85.1. The fourth-order valence-electron chi connectivity index (χ4n) is 12.4. The summed E-state index contributed by atoms with van der Waals surface area (Å²) in [6.45, 7) is 2.51. The average molecular weight is 1680 g/mol. The SMILES string of the molecule is CC/C=C\C/C=C\C/C=C\C/C=C\C/C=C\C/C=C\CCCCCCCCC(=O)OCC(COP(=O)(O)OCC(O)COP(=O)(O)OCC(O)COC(=O)CCCCCCCCCCCCCCCCCCCCC/C=C\C/C=C\C/C=C\C/C=C\CCCCC)OC(=O)CCCCCCC/C=C\C/C=C\C/C=C\C/C=C\CCCCC. The molecule has 0 spiro atoms. The number of carbonyl (C=O) groups is 3. The van der Waals surface area contributed by atoms with Crippen molar-refractivity contribution in [2.24, 2.45) is 0 Å². The number of rotatable bonds is 87. The van der Waals surface area contributed by atoms with Gasteiger partial charge >= 0.3 is 33.6 Å². The molecule has 0 amide bonds. The smallest absolute Gasteiger partial charge is 0.463 e. The molecule has 0 aromatic carbocycles. The highest BCUT2D eigenvalue weighted by atomic mass is 31.2. The van der Waals surface area contributed by atoms with Crippen molar-refractivity contribution >= 4 is 33.6 Å². The molecule has 0 aliphatic rings. The van der Waals surface area contributed by atoms with E-state index < -0.39 is 91.5 Å². The summed E-state index contributed by atoms with van der Waals surface area (Å²) in [7, 11) is -9.82. The van der Waals surface area contributed by atoms with E-state index in [1.54, 1.807) is 0 Å². The molecule has 5 atom stereocenters. The largest absolute Gasteiger partial charge is 0.472 e. The first-order valence-corrected chi connectivity index (χ1v) is 49.4. The van der Waals surface area contributed by atoms with Gasteiger partial charge in [0.05, 0.1) is 26.4 Å². The predicted molar refractivity (Wildman–Crippen MR) is 491 cm³/mol. The van der Waals surface area contributed by atoms with Crippen molar-refractivity contribution in [3.63, 3.8) is 0 Å². The molecular weight excluding hydrogens is 1510 g/mol. The Morgan fingerprint density at radius 1 is 0.248 bits per heavy atom. The Bertz CT molecular complexity index is 2810. The summed E-state index contributed by atoms with van der Waals surface area (Å²) in [5.74, 6) is -1.61. The van der Waals surface area contributed by atoms with Crippen molar-refractivity contribution in [1.82, 2.24) is 0 Å². The van der Waals surface area contributed by atoms with Crippen LogP contribution in [0.3, 0.4) is 0 Å². The molecule has 4 N–H and O–H groups in total. The second-order valence-corrected chi connectivity index (χ2v) is 33.6. The Balaban J connectivity index is 4.56. The van der Waals surface area contributed by atoms with Gasteiger partial charge in [0.25, 0.3) is 0 Å². The lowest BCUT2D eigenvalue weighted by Crippen LogP contribution is -2.30. The van der Waals surface area contributed by atoms with Crippen LogP contribution < -0.4 is 0 Å². The fourth-order valence-corrected chi connectivity index (χ4v) is 14.0. The predicted octanol–water partition coefficient (Wildman–Crippen LogP) is 28.7. The average Bonchev–Trinajstić information content (AvgIpc) is 0.901. The zero-order valence-electron chi connectivity index (χ0n) is 73.8. The third-order valence-electron chi connectivity index (χ3n) is 19.4. The maximum absolute atomic E-state index is 13.1. The Morgan fingerprint density at radius 2 is 0.453 bits per heavy atom. The molecule has 0 aliphatic carbocycles. The molecule has 0 aromatic rings. The van der Waals surface area contributed by atoms with Crippen LogP contribution in [-0.4, -0.2) is 95.9 Å². The van der Waals surface area contributed by atoms with Gasteiger partial charge in [0.15, 0.2) is 6.10 Å². The molecule has 5 unspecified atom stereocenters. The molecule has 670 valence electrons. The van der Waals surface area contributed by atoms with Gasteiger partial charge in [0.2, 0.25) is 0 Å². The number of carbonyl (C=O) groups excluding carboxylic acids is 3. The van der Waals surface area contributed by atoms with Gasteiger partial charge in [-0.15, -0.1) is 0 Å². The topological polar surface area (TPSA) is 231 Å². The van der Waals surface area contributed by atoms with Crippen molar-refractivity contribution < 1.29 is 75.8 Å². The third-order valence-corrected chi connectivity index (χ3v) is 21.3. The van der Waals surface area contributed by atoms with Gasteiger partial charge in [-0.1, -0.05) is 371 Å². The number of unbranched alkanes of at least 4 members (excludes halogenated alkanes) is 36. The summed E-state index contributed by atoms with van der Waals surface area (Å²) in [5, 5.41) is 20.7. The van der Waals surface area contributed by atoms with Crippen LogP contribution in [0.1, 0.15) is 380 Å². The van der Waals surface area contributed by atoms with E-state index in [9.17, 15) is 43.5 Å². The number of aliphatic hydroxyl groups is 2. The van der Waals surface area contributed by atoms with Crippen LogP contribution in [0.2, 0.25) is 0 Å². The van der Waals surface area contributed by atoms with Gasteiger partial charge in [-0.2, -0.15) is 0 Å². The van der Waals surface area contributed by atoms with E-state index in [0.717, 1.165) is 173 Å². The van der Waals surface area contributed by atoms with Gasteiger partial charge < -0.3 is 34.2 Å². The third kappa shape index (κ3) is 91.5. The van der Waals surface area contributed by atoms with Crippen LogP contribution in [0.15, 0.2) is 170 Å². The molecule has 0 aromatic heterocycles. The first-order valence-electron chi connectivity index (χ1n) is 46.4. The molecule has 117 heavy (non-hydrogen) atoms. The number of phosphoric acid groups is 2. The molecule has 16 nitrogen and oxygen atoms in total. The molecule has 0 saturated heterocycles. The Hall–Kier alpha value is -5.09. The van der Waals surface area contributed by atoms with E-state index in [1.165, 1.54) is 148 Å². The number of hydrogen-bond acceptors (Lipinski definition) is 14. The molecule has 0 rings (SSSR count). The zero-order valence-corrected chi connectivity index (χ0v) is 75.6. The molecule has 0 aliphatic heterocycles. The molecule has 0 saturated carbocycles. The highest BCUT2D eigenvalue weighted by Crippen LogP contribution is 2.45. The highest BCUT2D eigenvalue weighted by Gasteiger charge is 2.29. The van der Waals surface area contributed by atoms with E-state index in [1.807, 2.05) is 0 Å². The standard InChI is InChI=1S/C99H168O16P2/c1-4-7-10-13-16-19-22-25-28-31-34-37-39-41-42-43-44-45-46-47-48-49-50-52-54-56-58-61-64-67-70-73-76-79-82-85-97(102)109-88-94(100)89-111-116(105,106)112-90-95(101)91-113-117(107,108)114-93-96(115-99(104)87-84-81-78-75-72-69-66-63-60-55-36-33-30-27-24-21-18-15-12-9-6-3)92-110-98(103)86-83-80-77-74-71-68-65-62-59-57-53-51-40-38-35-32-29-26-23-20-17-14-11-8-5-2/h8,11,16-21,25-30,34-38,41-42,51,53,55,59,62-63,66,94-96,100-101H,4-7,9-10,12-15,22-24,31-33,39-40,43-50,52,54,56-58,60-61,64-65,67-93H2,1-3H3,(H,105,106)(H,107,108)/b11-8-,19-16-,20-17-,21-18-,28-25-,29-26-,30-27-,37-34-,38-35-,42-41-,53-51-,55-36-,62-59-,66-63-. The van der Waals surface area contributed by atoms with Crippen LogP contribution in [0, 0.1) is 0 Å². The Labute approximate surface area is 713 Å². The van der Waals surface area contributed by atoms with Crippen molar-refractivity contribution in [2.75, 3.05) is 39.6 Å². The van der Waals surface area contributed by atoms with E-state index >= 15 is 0 Å². The lowest BCUT2D eigenvalue weighted by atomic mass is 10.0. The normalized spacial score (nSPS) is 14.6. The number of aliphatic hydroxyl groups excluding tert-OH is 2. The summed E-state index contributed by atoms with van der Waals surface area (Å²) < 4.78 is 61.4. The molecule has 0 heterocycles. The van der Waals surface area contributed by atoms with Gasteiger partial charge in [-0.25, -0.2) is 9.13 Å². The molecule has 18 heteroatoms. The van der Waals surface area contributed by atoms with Crippen molar-refractivity contribution in [1.29, 1.82) is 0 Å². The first kappa shape index (κ1) is 112. The molecule has 0 radical (unpaired) electrons. The van der Waals surface area contributed by atoms with Crippen LogP contribution in [0.4, 0.5) is 0 Å². The summed E-state index contributed by atoms with van der Waals surface area (Å²) in [6.07, 6.45) is 117. The minimum absolute atomic E-state index is 0.0746. The number of esters is 3. The van der Waals surface area contributed by atoms with Crippen LogP contribution in [0.25, 0.3) is 0 Å². The maximum atomic E-state index is 13.1. The summed E-state index contributed by atoms with van der Waals surface area (Å²) in [4.78, 5) is 59.0. The van der Waals surface area contributed by atoms with Gasteiger partial charge in [0, 0.05) is 19.3 Å². The lowest BCUT2D eigenvalue weighted by molar-refractivity contribution is -0.161. The van der Waals surface area contributed by atoms with Gasteiger partial charge in [-0.3, -0.25) is 32.5 Å². The number of allylic oxidation sites excluding steroid dienone is 28. The Morgan fingerprint density at radius 3 is 0.718 bits per heavy atom. The van der Waals surface area contributed by atoms with Gasteiger partial charge in [-0.05, 0) is 161 Å². The summed E-state index contributed by atoms with van der Waals surface area (Å²) in [6, 6.07) is 0. The molecule has 0 bridgehead atoms. The second kappa shape index (κ2) is 90.2. The van der Waals surface area contributed by atoms with Crippen LogP contribution >= 0.6 is 15.6 Å². The molecule has 0 fully saturated rings. The van der Waals surface area contributed by atoms with E-state index in [2.05, 4.69) is 191 Å². The second-order valence-electron chi connectivity index (χ2n) is 30.7. The van der Waals surface area contributed by atoms with E-state index in [4.69, 9.17) is 32.3 Å². The van der Waals surface area contributed by atoms with E-state index in [-0.39, 0.29) is 19.3 Å². The summed E-state index contributed by atoms with van der Waals surface area (Å²) >= 11 is 0. The quantitative estimate of drug-likeness (QED) is 0.0146. The lowest BCUT2D eigenvalue weighted by Gasteiger charge is -2.21. The van der Waals surface area contributed by atoms with Crippen LogP contribution in [0.5, 0.6) is 0 Å². The molecular formula is C99H168O16P2. The monoisotopic (exact) mass is 1680 g/mol. The summed E-state index contributed by atoms with van der Waals surface area (Å²) in [5.41, 5.74) is 0. The number of phosphoric ester groups is 2. The van der Waals surface area contributed by atoms with E-state index in [0.29, 0.717) is 19.3 Å². The maximum Gasteiger partial charge on any atom is 0.472 e. The van der Waals surface area contributed by atoms with Crippen LogP contribution in [-0.2, 0) is 55.8 Å². The first-order chi connectivity index (χ1) is 57.2. The van der Waals surface area contributed by atoms with Crippen molar-refractivity contribution in [3.8, 4) is 0 Å². The van der Waals surface area contributed by atoms with Crippen molar-refractivity contribution in [2.45, 2.75) is 399 Å². The van der Waals surface area contributed by atoms with Crippen molar-refractivity contribution in [3.05, 3.63) is 170 Å². The minimum atomic E-state index is -4.95. The number of hydrogen-bond donors (Lipinski definition) is 4. The van der Waals surface area contributed by atoms with Gasteiger partial charge in [0.1, 0.15) is 25.4 Å². The number of ether oxygens (including phenoxy) is 3.